The molecule has 2 fully saturated rings. The highest BCUT2D eigenvalue weighted by molar-refractivity contribution is 7.98. The highest BCUT2D eigenvalue weighted by atomic mass is 32.2. The first kappa shape index (κ1) is 24.7. The summed E-state index contributed by atoms with van der Waals surface area (Å²) in [6.07, 6.45) is 2.02. The topological polar surface area (TPSA) is 84.7 Å². The molecule has 1 unspecified atom stereocenters. The van der Waals surface area contributed by atoms with Gasteiger partial charge in [0.1, 0.15) is 0 Å². The van der Waals surface area contributed by atoms with Crippen molar-refractivity contribution in [1.82, 2.24) is 19.6 Å². The van der Waals surface area contributed by atoms with Crippen LogP contribution in [0.4, 0.5) is 0 Å². The van der Waals surface area contributed by atoms with Crippen LogP contribution in [0.3, 0.4) is 0 Å². The lowest BCUT2D eigenvalue weighted by atomic mass is 10.0. The average Bonchev–Trinajstić information content (AvgIpc) is 3.55. The van der Waals surface area contributed by atoms with E-state index in [4.69, 9.17) is 9.84 Å². The van der Waals surface area contributed by atoms with Gasteiger partial charge in [0.25, 0.3) is 5.91 Å². The van der Waals surface area contributed by atoms with E-state index in [1.807, 2.05) is 33.8 Å². The van der Waals surface area contributed by atoms with Gasteiger partial charge in [-0.2, -0.15) is 5.10 Å². The summed E-state index contributed by atoms with van der Waals surface area (Å²) in [4.78, 5) is 18.7. The van der Waals surface area contributed by atoms with Gasteiger partial charge in [-0.15, -0.1) is 11.8 Å². The van der Waals surface area contributed by atoms with Crippen LogP contribution >= 0.6 is 11.8 Å². The Bertz CT molecular complexity index is 1430. The van der Waals surface area contributed by atoms with E-state index >= 15 is 0 Å². The van der Waals surface area contributed by atoms with Gasteiger partial charge in [0.05, 0.1) is 29.8 Å². The molecule has 3 aromatic rings. The number of ether oxygens (including phenoxy) is 1. The van der Waals surface area contributed by atoms with E-state index in [0.29, 0.717) is 57.3 Å². The fourth-order valence-corrected chi connectivity index (χ4v) is 7.45. The molecule has 0 spiro atoms. The first-order valence-corrected chi connectivity index (χ1v) is 15.5. The Morgan fingerprint density at radius 1 is 1.08 bits per heavy atom. The molecule has 2 aromatic carbocycles. The molecule has 6 rings (SSSR count). The third-order valence-corrected chi connectivity index (χ3v) is 10.1. The smallest absolute Gasteiger partial charge is 0.274 e. The van der Waals surface area contributed by atoms with E-state index in [2.05, 4.69) is 29.2 Å². The molecule has 0 N–H and O–H groups in total. The number of morpholine rings is 1. The van der Waals surface area contributed by atoms with Crippen molar-refractivity contribution in [3.05, 3.63) is 65.4 Å². The van der Waals surface area contributed by atoms with Gasteiger partial charge in [-0.1, -0.05) is 30.3 Å². The van der Waals surface area contributed by atoms with Crippen LogP contribution in [0.2, 0.25) is 0 Å². The molecule has 2 saturated heterocycles. The number of aromatic nitrogens is 2. The van der Waals surface area contributed by atoms with Gasteiger partial charge >= 0.3 is 0 Å². The quantitative estimate of drug-likeness (QED) is 0.493. The molecule has 1 atom stereocenters. The summed E-state index contributed by atoms with van der Waals surface area (Å²) in [5.74, 6) is 0.663. The maximum absolute atomic E-state index is 13.5. The number of thioether (sulfide) groups is 1. The molecular weight excluding hydrogens is 508 g/mol. The van der Waals surface area contributed by atoms with Crippen LogP contribution < -0.4 is 0 Å². The number of sulfone groups is 1. The number of rotatable bonds is 5. The van der Waals surface area contributed by atoms with Crippen LogP contribution in [-0.2, 0) is 26.9 Å². The van der Waals surface area contributed by atoms with Crippen LogP contribution in [0.25, 0.3) is 16.9 Å². The summed E-state index contributed by atoms with van der Waals surface area (Å²) in [5.41, 5.74) is 5.60. The Balaban J connectivity index is 1.32. The first-order valence-electron chi connectivity index (χ1n) is 12.6. The monoisotopic (exact) mass is 538 g/mol. The molecule has 0 bridgehead atoms. The molecule has 0 saturated carbocycles. The minimum absolute atomic E-state index is 0.0376. The zero-order chi connectivity index (χ0) is 25.6. The summed E-state index contributed by atoms with van der Waals surface area (Å²) in [6, 6.07) is 16.5. The Morgan fingerprint density at radius 3 is 2.57 bits per heavy atom. The van der Waals surface area contributed by atoms with E-state index in [0.717, 1.165) is 34.6 Å². The molecule has 3 aliphatic rings. The summed E-state index contributed by atoms with van der Waals surface area (Å²) in [7, 11) is -3.01. The predicted octanol–water partition coefficient (Wildman–Crippen LogP) is 3.24. The number of fused-ring (bicyclic) bond motifs is 3. The molecule has 0 aliphatic carbocycles. The van der Waals surface area contributed by atoms with Crippen molar-refractivity contribution in [2.24, 2.45) is 0 Å². The molecule has 4 heterocycles. The lowest BCUT2D eigenvalue weighted by Crippen LogP contribution is -2.41. The average molecular weight is 539 g/mol. The predicted molar refractivity (Wildman–Crippen MR) is 144 cm³/mol. The normalized spacial score (nSPS) is 20.0. The van der Waals surface area contributed by atoms with E-state index in [1.165, 1.54) is 11.2 Å². The van der Waals surface area contributed by atoms with Gasteiger partial charge in [0.15, 0.2) is 15.5 Å². The molecule has 1 amide bonds. The van der Waals surface area contributed by atoms with Crippen LogP contribution in [0.1, 0.15) is 28.0 Å². The standard InChI is InChI=1S/C27H30N4O4S2/c1-37(33,34)21-10-11-29(17-21)16-19-6-8-20(9-7-19)31-26-22-4-2-3-5-24(22)36-18-23(26)25(28-31)27(32)30-12-14-35-15-13-30/h2-9,21H,10-18H2,1H3. The van der Waals surface area contributed by atoms with Crippen LogP contribution in [0.15, 0.2) is 53.4 Å². The Labute approximate surface area is 221 Å². The second-order valence-electron chi connectivity index (χ2n) is 9.92. The van der Waals surface area contributed by atoms with E-state index < -0.39 is 9.84 Å². The Hall–Kier alpha value is -2.66. The molecule has 10 heteroatoms. The van der Waals surface area contributed by atoms with Gasteiger partial charge in [0, 0.05) is 54.2 Å². The van der Waals surface area contributed by atoms with Crippen molar-refractivity contribution in [2.75, 3.05) is 45.6 Å². The van der Waals surface area contributed by atoms with E-state index in [1.54, 1.807) is 11.8 Å². The van der Waals surface area contributed by atoms with Gasteiger partial charge in [-0.3, -0.25) is 9.69 Å². The van der Waals surface area contributed by atoms with Gasteiger partial charge in [-0.05, 0) is 36.7 Å². The SMILES string of the molecule is CS(=O)(=O)C1CCN(Cc2ccc(-n3nc(C(=O)N4CCOCC4)c4c3-c3ccccc3SC4)cc2)C1. The molecule has 194 valence electrons. The maximum Gasteiger partial charge on any atom is 0.274 e. The Morgan fingerprint density at radius 2 is 1.84 bits per heavy atom. The second-order valence-corrected chi connectivity index (χ2v) is 13.3. The minimum atomic E-state index is -3.01. The maximum atomic E-state index is 13.5. The molecule has 8 nitrogen and oxygen atoms in total. The third kappa shape index (κ3) is 4.83. The van der Waals surface area contributed by atoms with Crippen molar-refractivity contribution in [2.45, 2.75) is 28.9 Å². The summed E-state index contributed by atoms with van der Waals surface area (Å²) < 4.78 is 31.2. The van der Waals surface area contributed by atoms with Gasteiger partial charge in [0.2, 0.25) is 0 Å². The summed E-state index contributed by atoms with van der Waals surface area (Å²) >= 11 is 1.74. The number of benzene rings is 2. The molecular formula is C27H30N4O4S2. The minimum Gasteiger partial charge on any atom is -0.378 e. The lowest BCUT2D eigenvalue weighted by Gasteiger charge is -2.26. The fourth-order valence-electron chi connectivity index (χ4n) is 5.37. The molecule has 3 aliphatic heterocycles. The zero-order valence-corrected chi connectivity index (χ0v) is 22.4. The number of hydrogen-bond acceptors (Lipinski definition) is 7. The zero-order valence-electron chi connectivity index (χ0n) is 20.8. The molecule has 1 aromatic heterocycles. The van der Waals surface area contributed by atoms with Crippen molar-refractivity contribution >= 4 is 27.5 Å². The van der Waals surface area contributed by atoms with Crippen molar-refractivity contribution in [3.8, 4) is 16.9 Å². The lowest BCUT2D eigenvalue weighted by molar-refractivity contribution is 0.0298. The summed E-state index contributed by atoms with van der Waals surface area (Å²) in [6.45, 7) is 4.34. The third-order valence-electron chi connectivity index (χ3n) is 7.42. The molecule has 37 heavy (non-hydrogen) atoms. The fraction of sp³-hybridized carbons (Fsp3) is 0.407. The highest BCUT2D eigenvalue weighted by Gasteiger charge is 2.32. The second kappa shape index (κ2) is 9.90. The largest absolute Gasteiger partial charge is 0.378 e. The van der Waals surface area contributed by atoms with Gasteiger partial charge in [-0.25, -0.2) is 13.1 Å². The van der Waals surface area contributed by atoms with Crippen LogP contribution in [0.5, 0.6) is 0 Å². The number of nitrogens with zero attached hydrogens (tertiary/aromatic N) is 4. The van der Waals surface area contributed by atoms with Crippen molar-refractivity contribution in [3.63, 3.8) is 0 Å². The van der Waals surface area contributed by atoms with E-state index in [-0.39, 0.29) is 11.2 Å². The first-order chi connectivity index (χ1) is 17.9. The number of carbonyl (C=O) groups excluding carboxylic acids is 1. The van der Waals surface area contributed by atoms with Crippen LogP contribution in [-0.4, -0.2) is 84.8 Å². The number of carbonyl (C=O) groups is 1. The summed E-state index contributed by atoms with van der Waals surface area (Å²) in [5, 5.41) is 4.62. The highest BCUT2D eigenvalue weighted by Crippen LogP contribution is 2.43. The Kier molecular flexibility index (Phi) is 6.60. The number of amides is 1. The van der Waals surface area contributed by atoms with E-state index in [9.17, 15) is 13.2 Å². The number of likely N-dealkylation sites (tertiary alicyclic amines) is 1. The molecule has 0 radical (unpaired) electrons. The van der Waals surface area contributed by atoms with Crippen LogP contribution in [0, 0.1) is 0 Å². The van der Waals surface area contributed by atoms with Crippen molar-refractivity contribution < 1.29 is 17.9 Å². The van der Waals surface area contributed by atoms with Gasteiger partial charge < -0.3 is 9.64 Å². The van der Waals surface area contributed by atoms with Crippen molar-refractivity contribution in [1.29, 1.82) is 0 Å². The number of hydrogen-bond donors (Lipinski definition) is 0.